The molecule has 1 N–H and O–H groups in total. The molecule has 0 saturated heterocycles. The van der Waals surface area contributed by atoms with Crippen LogP contribution in [-0.2, 0) is 11.3 Å². The maximum absolute atomic E-state index is 10.5. The van der Waals surface area contributed by atoms with E-state index in [0.717, 1.165) is 16.6 Å². The minimum atomic E-state index is -0.899. The molecule has 90 valence electrons. The smallest absolute Gasteiger partial charge is 0.313 e. The average Bonchev–Trinajstić information content (AvgIpc) is 2.86. The number of carboxylic acid groups (broad SMARTS) is 1. The van der Waals surface area contributed by atoms with Crippen LogP contribution in [0.25, 0.3) is 0 Å². The van der Waals surface area contributed by atoms with Gasteiger partial charge in [-0.3, -0.25) is 4.79 Å². The fourth-order valence-corrected chi connectivity index (χ4v) is 2.78. The number of aliphatic carboxylic acids is 1. The third kappa shape index (κ3) is 3.42. The summed E-state index contributed by atoms with van der Waals surface area (Å²) in [6.07, 6.45) is 0. The van der Waals surface area contributed by atoms with Crippen LogP contribution >= 0.6 is 34.7 Å². The zero-order chi connectivity index (χ0) is 12.3. The Balaban J connectivity index is 2.06. The largest absolute Gasteiger partial charge is 0.481 e. The number of carbonyl (C=O) groups is 1. The van der Waals surface area contributed by atoms with Crippen molar-refractivity contribution in [2.45, 2.75) is 11.7 Å². The Kier molecular flexibility index (Phi) is 3.97. The summed E-state index contributed by atoms with van der Waals surface area (Å²) in [5.74, 6) is -0.963. The highest BCUT2D eigenvalue weighted by Gasteiger charge is 2.10. The number of hydrogen-bond donors (Lipinski definition) is 1. The Bertz CT molecular complexity index is 527. The zero-order valence-electron chi connectivity index (χ0n) is 8.41. The molecule has 0 aliphatic carbocycles. The molecule has 0 spiro atoms. The van der Waals surface area contributed by atoms with Gasteiger partial charge in [-0.25, -0.2) is 4.68 Å². The van der Waals surface area contributed by atoms with Gasteiger partial charge in [0, 0.05) is 4.88 Å². The van der Waals surface area contributed by atoms with Crippen molar-refractivity contribution in [2.75, 3.05) is 5.75 Å². The molecule has 0 bridgehead atoms. The van der Waals surface area contributed by atoms with Gasteiger partial charge in [0.15, 0.2) is 0 Å². The van der Waals surface area contributed by atoms with Crippen molar-refractivity contribution in [2.24, 2.45) is 0 Å². The van der Waals surface area contributed by atoms with Gasteiger partial charge in [0.05, 0.1) is 16.6 Å². The summed E-state index contributed by atoms with van der Waals surface area (Å²) in [6.45, 7) is 0.492. The molecule has 0 aliphatic rings. The summed E-state index contributed by atoms with van der Waals surface area (Å²) >= 11 is 8.35. The van der Waals surface area contributed by atoms with Gasteiger partial charge in [-0.2, -0.15) is 0 Å². The molecule has 0 amide bonds. The molecule has 0 aliphatic heterocycles. The minimum absolute atomic E-state index is 0.0639. The molecule has 0 fully saturated rings. The number of aromatic nitrogens is 4. The lowest BCUT2D eigenvalue weighted by Gasteiger charge is -2.00. The minimum Gasteiger partial charge on any atom is -0.481 e. The molecule has 17 heavy (non-hydrogen) atoms. The van der Waals surface area contributed by atoms with Crippen molar-refractivity contribution in [3.8, 4) is 0 Å². The summed E-state index contributed by atoms with van der Waals surface area (Å²) in [6, 6.07) is 3.69. The van der Waals surface area contributed by atoms with Crippen molar-refractivity contribution in [3.63, 3.8) is 0 Å². The third-order valence-electron chi connectivity index (χ3n) is 1.76. The van der Waals surface area contributed by atoms with E-state index in [1.807, 2.05) is 6.07 Å². The van der Waals surface area contributed by atoms with E-state index in [9.17, 15) is 4.79 Å². The topological polar surface area (TPSA) is 80.9 Å². The molecule has 0 radical (unpaired) electrons. The van der Waals surface area contributed by atoms with E-state index in [1.165, 1.54) is 11.3 Å². The van der Waals surface area contributed by atoms with Gasteiger partial charge in [0.1, 0.15) is 0 Å². The molecule has 0 aromatic carbocycles. The van der Waals surface area contributed by atoms with Gasteiger partial charge >= 0.3 is 5.97 Å². The lowest BCUT2D eigenvalue weighted by atomic mass is 10.5. The first kappa shape index (κ1) is 12.3. The summed E-state index contributed by atoms with van der Waals surface area (Å²) in [7, 11) is 0. The van der Waals surface area contributed by atoms with Crippen LogP contribution in [0.4, 0.5) is 0 Å². The van der Waals surface area contributed by atoms with Crippen LogP contribution in [0.3, 0.4) is 0 Å². The Morgan fingerprint density at radius 1 is 1.59 bits per heavy atom. The SMILES string of the molecule is O=C(O)CSc1nnnn1Cc1ccc(Cl)s1. The highest BCUT2D eigenvalue weighted by molar-refractivity contribution is 7.99. The number of thiophene rings is 1. The average molecular weight is 291 g/mol. The second kappa shape index (κ2) is 5.48. The summed E-state index contributed by atoms with van der Waals surface area (Å²) < 4.78 is 2.25. The Morgan fingerprint density at radius 2 is 2.41 bits per heavy atom. The monoisotopic (exact) mass is 290 g/mol. The quantitative estimate of drug-likeness (QED) is 0.843. The number of carboxylic acids is 1. The maximum Gasteiger partial charge on any atom is 0.313 e. The number of halogens is 1. The lowest BCUT2D eigenvalue weighted by molar-refractivity contribution is -0.133. The highest BCUT2D eigenvalue weighted by Crippen LogP contribution is 2.23. The van der Waals surface area contributed by atoms with Crippen molar-refractivity contribution >= 4 is 40.7 Å². The number of rotatable bonds is 5. The third-order valence-corrected chi connectivity index (χ3v) is 3.92. The standard InChI is InChI=1S/C8H7ClN4O2S2/c9-6-2-1-5(17-6)3-13-8(10-11-12-13)16-4-7(14)15/h1-2H,3-4H2,(H,14,15). The Morgan fingerprint density at radius 3 is 3.06 bits per heavy atom. The van der Waals surface area contributed by atoms with Crippen LogP contribution in [-0.4, -0.2) is 37.0 Å². The molecule has 2 aromatic rings. The Hall–Kier alpha value is -1.12. The number of thioether (sulfide) groups is 1. The van der Waals surface area contributed by atoms with Gasteiger partial charge in [-0.15, -0.1) is 16.4 Å². The predicted octanol–water partition coefficient (Wildman–Crippen LogP) is 1.61. The molecule has 0 saturated carbocycles. The second-order valence-electron chi connectivity index (χ2n) is 3.01. The molecule has 0 atom stereocenters. The molecule has 9 heteroatoms. The molecule has 6 nitrogen and oxygen atoms in total. The molecule has 2 aromatic heterocycles. The first-order valence-electron chi connectivity index (χ1n) is 4.50. The first-order valence-corrected chi connectivity index (χ1v) is 6.68. The number of hydrogen-bond acceptors (Lipinski definition) is 6. The van der Waals surface area contributed by atoms with Crippen molar-refractivity contribution in [1.82, 2.24) is 20.2 Å². The van der Waals surface area contributed by atoms with Crippen molar-refractivity contribution in [3.05, 3.63) is 21.3 Å². The van der Waals surface area contributed by atoms with Crippen LogP contribution in [0.15, 0.2) is 17.3 Å². The van der Waals surface area contributed by atoms with E-state index in [2.05, 4.69) is 15.5 Å². The van der Waals surface area contributed by atoms with Gasteiger partial charge in [-0.05, 0) is 22.6 Å². The van der Waals surface area contributed by atoms with Crippen LogP contribution in [0.5, 0.6) is 0 Å². The maximum atomic E-state index is 10.5. The molecular formula is C8H7ClN4O2S2. The van der Waals surface area contributed by atoms with Crippen LogP contribution < -0.4 is 0 Å². The van der Waals surface area contributed by atoms with Crippen molar-refractivity contribution < 1.29 is 9.90 Å². The van der Waals surface area contributed by atoms with E-state index in [0.29, 0.717) is 16.0 Å². The van der Waals surface area contributed by atoms with Gasteiger partial charge in [0.2, 0.25) is 5.16 Å². The molecular weight excluding hydrogens is 284 g/mol. The van der Waals surface area contributed by atoms with Crippen LogP contribution in [0.1, 0.15) is 4.88 Å². The highest BCUT2D eigenvalue weighted by atomic mass is 35.5. The fourth-order valence-electron chi connectivity index (χ4n) is 1.11. The summed E-state index contributed by atoms with van der Waals surface area (Å²) in [5.41, 5.74) is 0. The number of nitrogens with zero attached hydrogens (tertiary/aromatic N) is 4. The summed E-state index contributed by atoms with van der Waals surface area (Å²) in [4.78, 5) is 11.5. The van der Waals surface area contributed by atoms with Gasteiger partial charge in [0.25, 0.3) is 0 Å². The predicted molar refractivity (Wildman–Crippen MR) is 64.6 cm³/mol. The fraction of sp³-hybridized carbons (Fsp3) is 0.250. The van der Waals surface area contributed by atoms with E-state index in [-0.39, 0.29) is 5.75 Å². The van der Waals surface area contributed by atoms with E-state index < -0.39 is 5.97 Å². The van der Waals surface area contributed by atoms with Gasteiger partial charge in [-0.1, -0.05) is 23.4 Å². The molecule has 2 heterocycles. The zero-order valence-corrected chi connectivity index (χ0v) is 10.8. The normalized spacial score (nSPS) is 10.6. The van der Waals surface area contributed by atoms with Crippen LogP contribution in [0.2, 0.25) is 4.34 Å². The van der Waals surface area contributed by atoms with E-state index in [1.54, 1.807) is 10.7 Å². The summed E-state index contributed by atoms with van der Waals surface area (Å²) in [5, 5.41) is 20.2. The molecule has 2 rings (SSSR count). The number of tetrazole rings is 1. The van der Waals surface area contributed by atoms with Gasteiger partial charge < -0.3 is 5.11 Å². The van der Waals surface area contributed by atoms with Crippen LogP contribution in [0, 0.1) is 0 Å². The van der Waals surface area contributed by atoms with E-state index in [4.69, 9.17) is 16.7 Å². The second-order valence-corrected chi connectivity index (χ2v) is 5.75. The van der Waals surface area contributed by atoms with Crippen molar-refractivity contribution in [1.29, 1.82) is 0 Å². The lowest BCUT2D eigenvalue weighted by Crippen LogP contribution is -2.05. The Labute approximate surface area is 110 Å². The first-order chi connectivity index (χ1) is 8.15. The molecule has 0 unspecified atom stereocenters. The van der Waals surface area contributed by atoms with E-state index >= 15 is 0 Å².